The van der Waals surface area contributed by atoms with E-state index in [-0.39, 0.29) is 0 Å². The largest absolute Gasteiger partial charge is 0.369 e. The van der Waals surface area contributed by atoms with Crippen molar-refractivity contribution < 1.29 is 0 Å². The van der Waals surface area contributed by atoms with Gasteiger partial charge in [0.05, 0.1) is 17.1 Å². The highest BCUT2D eigenvalue weighted by molar-refractivity contribution is 6.31. The van der Waals surface area contributed by atoms with Crippen LogP contribution in [0.5, 0.6) is 0 Å². The van der Waals surface area contributed by atoms with Crippen LogP contribution in [0.15, 0.2) is 18.2 Å². The standard InChI is InChI=1S/C14H17ClN4/c15-9-1-4-12-13(7-9)19(14(16)17-12)11-5-6-18(8-11)10-2-3-10/h1,4,7,10-11H,2-3,5-6,8H2,(H2,16,17). The van der Waals surface area contributed by atoms with Crippen LogP contribution in [-0.4, -0.2) is 33.6 Å². The van der Waals surface area contributed by atoms with E-state index in [1.165, 1.54) is 19.4 Å². The summed E-state index contributed by atoms with van der Waals surface area (Å²) in [5.41, 5.74) is 8.11. The van der Waals surface area contributed by atoms with Crippen LogP contribution in [0.2, 0.25) is 5.02 Å². The van der Waals surface area contributed by atoms with Gasteiger partial charge in [0, 0.05) is 24.2 Å². The highest BCUT2D eigenvalue weighted by atomic mass is 35.5. The van der Waals surface area contributed by atoms with Gasteiger partial charge < -0.3 is 10.3 Å². The average molecular weight is 277 g/mol. The summed E-state index contributed by atoms with van der Waals surface area (Å²) in [6, 6.07) is 7.04. The zero-order chi connectivity index (χ0) is 13.0. The predicted molar refractivity (Wildman–Crippen MR) is 77.4 cm³/mol. The maximum Gasteiger partial charge on any atom is 0.201 e. The Kier molecular flexibility index (Phi) is 2.50. The maximum atomic E-state index is 6.11. The van der Waals surface area contributed by atoms with Crippen molar-refractivity contribution >= 4 is 28.6 Å². The van der Waals surface area contributed by atoms with E-state index in [2.05, 4.69) is 14.5 Å². The lowest BCUT2D eigenvalue weighted by atomic mass is 10.2. The molecular weight excluding hydrogens is 260 g/mol. The number of anilines is 1. The van der Waals surface area contributed by atoms with Gasteiger partial charge in [-0.25, -0.2) is 4.98 Å². The Morgan fingerprint density at radius 3 is 2.84 bits per heavy atom. The van der Waals surface area contributed by atoms with Gasteiger partial charge in [0.15, 0.2) is 0 Å². The summed E-state index contributed by atoms with van der Waals surface area (Å²) in [5.74, 6) is 0.611. The Balaban J connectivity index is 1.73. The topological polar surface area (TPSA) is 47.1 Å². The predicted octanol–water partition coefficient (Wildman–Crippen LogP) is 2.68. The fourth-order valence-corrected chi connectivity index (χ4v) is 3.39. The first-order chi connectivity index (χ1) is 9.22. The summed E-state index contributed by atoms with van der Waals surface area (Å²) in [6.45, 7) is 2.27. The zero-order valence-corrected chi connectivity index (χ0v) is 11.5. The molecular formula is C14H17ClN4. The first kappa shape index (κ1) is 11.6. The second-order valence-electron chi connectivity index (χ2n) is 5.64. The van der Waals surface area contributed by atoms with Gasteiger partial charge in [-0.1, -0.05) is 11.6 Å². The molecule has 1 aliphatic heterocycles. The minimum absolute atomic E-state index is 0.434. The van der Waals surface area contributed by atoms with Crippen molar-refractivity contribution in [1.82, 2.24) is 14.5 Å². The molecule has 0 bridgehead atoms. The Morgan fingerprint density at radius 2 is 2.05 bits per heavy atom. The van der Waals surface area contributed by atoms with Gasteiger partial charge in [-0.2, -0.15) is 0 Å². The quantitative estimate of drug-likeness (QED) is 0.917. The summed E-state index contributed by atoms with van der Waals surface area (Å²) in [6.07, 6.45) is 3.87. The van der Waals surface area contributed by atoms with E-state index in [0.29, 0.717) is 12.0 Å². The SMILES string of the molecule is Nc1nc2ccc(Cl)cc2n1C1CCN(C2CC2)C1. The van der Waals surface area contributed by atoms with Crippen LogP contribution in [0.4, 0.5) is 5.95 Å². The second-order valence-corrected chi connectivity index (χ2v) is 6.08. The Labute approximate surface area is 117 Å². The van der Waals surface area contributed by atoms with E-state index in [9.17, 15) is 0 Å². The maximum absolute atomic E-state index is 6.11. The van der Waals surface area contributed by atoms with Crippen molar-refractivity contribution in [2.75, 3.05) is 18.8 Å². The van der Waals surface area contributed by atoms with Crippen molar-refractivity contribution in [2.24, 2.45) is 0 Å². The molecule has 4 rings (SSSR count). The molecule has 1 aromatic carbocycles. The number of aromatic nitrogens is 2. The number of likely N-dealkylation sites (tertiary alicyclic amines) is 1. The lowest BCUT2D eigenvalue weighted by Crippen LogP contribution is -2.24. The summed E-state index contributed by atoms with van der Waals surface area (Å²) < 4.78 is 2.17. The van der Waals surface area contributed by atoms with Crippen LogP contribution >= 0.6 is 11.6 Å². The van der Waals surface area contributed by atoms with Crippen LogP contribution in [-0.2, 0) is 0 Å². The normalized spacial score (nSPS) is 24.4. The van der Waals surface area contributed by atoms with Crippen molar-refractivity contribution in [1.29, 1.82) is 0 Å². The number of imidazole rings is 1. The number of hydrogen-bond donors (Lipinski definition) is 1. The molecule has 2 aliphatic rings. The first-order valence-electron chi connectivity index (χ1n) is 6.89. The van der Waals surface area contributed by atoms with E-state index >= 15 is 0 Å². The van der Waals surface area contributed by atoms with E-state index in [4.69, 9.17) is 17.3 Å². The van der Waals surface area contributed by atoms with Crippen molar-refractivity contribution in [3.8, 4) is 0 Å². The summed E-state index contributed by atoms with van der Waals surface area (Å²) in [4.78, 5) is 7.03. The molecule has 2 N–H and O–H groups in total. The number of nitrogens with zero attached hydrogens (tertiary/aromatic N) is 3. The third-order valence-electron chi connectivity index (χ3n) is 4.30. The third-order valence-corrected chi connectivity index (χ3v) is 4.54. The summed E-state index contributed by atoms with van der Waals surface area (Å²) in [7, 11) is 0. The lowest BCUT2D eigenvalue weighted by molar-refractivity contribution is 0.315. The van der Waals surface area contributed by atoms with Crippen LogP contribution in [0, 0.1) is 0 Å². The number of benzene rings is 1. The molecule has 4 nitrogen and oxygen atoms in total. The number of halogens is 1. The summed E-state index contributed by atoms with van der Waals surface area (Å²) >= 11 is 6.10. The molecule has 5 heteroatoms. The second kappa shape index (κ2) is 4.12. The van der Waals surface area contributed by atoms with Gasteiger partial charge in [0.1, 0.15) is 0 Å². The Hall–Kier alpha value is -1.26. The molecule has 100 valence electrons. The van der Waals surface area contributed by atoms with Crippen molar-refractivity contribution in [3.63, 3.8) is 0 Å². The Bertz CT molecular complexity index is 632. The van der Waals surface area contributed by atoms with E-state index < -0.39 is 0 Å². The van der Waals surface area contributed by atoms with Gasteiger partial charge in [-0.15, -0.1) is 0 Å². The minimum Gasteiger partial charge on any atom is -0.369 e. The molecule has 1 saturated heterocycles. The molecule has 1 saturated carbocycles. The molecule has 0 radical (unpaired) electrons. The number of nitrogen functional groups attached to an aromatic ring is 1. The third kappa shape index (κ3) is 1.90. The van der Waals surface area contributed by atoms with Crippen LogP contribution in [0.1, 0.15) is 25.3 Å². The van der Waals surface area contributed by atoms with Crippen molar-refractivity contribution in [3.05, 3.63) is 23.2 Å². The van der Waals surface area contributed by atoms with Crippen LogP contribution in [0.25, 0.3) is 11.0 Å². The van der Waals surface area contributed by atoms with E-state index in [1.54, 1.807) is 0 Å². The smallest absolute Gasteiger partial charge is 0.201 e. The summed E-state index contributed by atoms with van der Waals surface area (Å²) in [5, 5.41) is 0.741. The zero-order valence-electron chi connectivity index (χ0n) is 10.7. The molecule has 0 spiro atoms. The monoisotopic (exact) mass is 276 g/mol. The molecule has 1 aliphatic carbocycles. The van der Waals surface area contributed by atoms with Crippen LogP contribution in [0.3, 0.4) is 0 Å². The molecule has 2 fully saturated rings. The minimum atomic E-state index is 0.434. The number of nitrogens with two attached hydrogens (primary N) is 1. The first-order valence-corrected chi connectivity index (χ1v) is 7.27. The fraction of sp³-hybridized carbons (Fsp3) is 0.500. The molecule has 2 aromatic rings. The molecule has 0 amide bonds. The molecule has 1 unspecified atom stereocenters. The van der Waals surface area contributed by atoms with E-state index in [0.717, 1.165) is 35.1 Å². The number of hydrogen-bond acceptors (Lipinski definition) is 3. The van der Waals surface area contributed by atoms with Crippen molar-refractivity contribution in [2.45, 2.75) is 31.3 Å². The Morgan fingerprint density at radius 1 is 1.21 bits per heavy atom. The fourth-order valence-electron chi connectivity index (χ4n) is 3.22. The van der Waals surface area contributed by atoms with Gasteiger partial charge in [-0.05, 0) is 37.5 Å². The molecule has 19 heavy (non-hydrogen) atoms. The van der Waals surface area contributed by atoms with E-state index in [1.807, 2.05) is 18.2 Å². The highest BCUT2D eigenvalue weighted by Gasteiger charge is 2.35. The highest BCUT2D eigenvalue weighted by Crippen LogP contribution is 2.36. The lowest BCUT2D eigenvalue weighted by Gasteiger charge is -2.17. The number of rotatable bonds is 2. The van der Waals surface area contributed by atoms with Crippen LogP contribution < -0.4 is 5.73 Å². The molecule has 2 heterocycles. The van der Waals surface area contributed by atoms with Gasteiger partial charge >= 0.3 is 0 Å². The average Bonchev–Trinajstić information content (AvgIpc) is 3.03. The molecule has 1 atom stereocenters. The van der Waals surface area contributed by atoms with Gasteiger partial charge in [-0.3, -0.25) is 4.90 Å². The van der Waals surface area contributed by atoms with Gasteiger partial charge in [0.2, 0.25) is 5.95 Å². The molecule has 1 aromatic heterocycles. The number of fused-ring (bicyclic) bond motifs is 1. The van der Waals surface area contributed by atoms with Gasteiger partial charge in [0.25, 0.3) is 0 Å².